The highest BCUT2D eigenvalue weighted by atomic mass is 19.4. The monoisotopic (exact) mass is 421 g/mol. The maximum Gasteiger partial charge on any atom is 0.416 e. The fraction of sp³-hybridized carbons (Fsp3) is 0.300. The lowest BCUT2D eigenvalue weighted by molar-refractivity contribution is -0.137. The summed E-state index contributed by atoms with van der Waals surface area (Å²) in [7, 11) is 0. The first-order valence-corrected chi connectivity index (χ1v) is 9.21. The van der Waals surface area contributed by atoms with Crippen LogP contribution in [0.4, 0.5) is 17.6 Å². The molecule has 3 N–H and O–H groups in total. The van der Waals surface area contributed by atoms with E-state index >= 15 is 0 Å². The molecule has 10 heteroatoms. The first-order chi connectivity index (χ1) is 14.2. The quantitative estimate of drug-likeness (QED) is 0.537. The maximum atomic E-state index is 14.3. The second-order valence-electron chi connectivity index (χ2n) is 6.96. The average molecular weight is 421 g/mol. The van der Waals surface area contributed by atoms with Crippen molar-refractivity contribution in [1.29, 1.82) is 0 Å². The number of hydrogen-bond acceptors (Lipinski definition) is 4. The Kier molecular flexibility index (Phi) is 6.43. The van der Waals surface area contributed by atoms with Gasteiger partial charge in [-0.3, -0.25) is 4.79 Å². The summed E-state index contributed by atoms with van der Waals surface area (Å²) in [4.78, 5) is 11.1. The fourth-order valence-electron chi connectivity index (χ4n) is 3.28. The van der Waals surface area contributed by atoms with E-state index in [1.807, 2.05) is 0 Å². The number of H-pyrrole nitrogens is 1. The molecule has 0 radical (unpaired) electrons. The minimum absolute atomic E-state index is 0.163. The van der Waals surface area contributed by atoms with Crippen molar-refractivity contribution >= 4 is 5.91 Å². The van der Waals surface area contributed by atoms with Gasteiger partial charge in [-0.25, -0.2) is 4.39 Å². The SMILES string of the molecule is NC(=O)CCCC(Cc1ccc(C(F)(F)F)cc1)c1cc(F)cc(-c2nn[nH]n2)c1. The number of nitrogens with two attached hydrogens (primary N) is 1. The van der Waals surface area contributed by atoms with E-state index in [1.54, 1.807) is 6.07 Å². The third kappa shape index (κ3) is 5.62. The molecule has 0 aliphatic rings. The number of hydrogen-bond donors (Lipinski definition) is 2. The van der Waals surface area contributed by atoms with Crippen LogP contribution < -0.4 is 5.73 Å². The lowest BCUT2D eigenvalue weighted by Gasteiger charge is -2.19. The topological polar surface area (TPSA) is 97.5 Å². The van der Waals surface area contributed by atoms with Crippen molar-refractivity contribution in [1.82, 2.24) is 20.6 Å². The largest absolute Gasteiger partial charge is 0.416 e. The van der Waals surface area contributed by atoms with Crippen LogP contribution in [-0.4, -0.2) is 26.5 Å². The minimum Gasteiger partial charge on any atom is -0.370 e. The summed E-state index contributed by atoms with van der Waals surface area (Å²) >= 11 is 0. The van der Waals surface area contributed by atoms with Crippen molar-refractivity contribution in [3.05, 3.63) is 65.0 Å². The van der Waals surface area contributed by atoms with Gasteiger partial charge in [0.05, 0.1) is 5.56 Å². The van der Waals surface area contributed by atoms with Crippen molar-refractivity contribution in [3.8, 4) is 11.4 Å². The molecule has 0 aliphatic carbocycles. The molecule has 3 rings (SSSR count). The van der Waals surface area contributed by atoms with Gasteiger partial charge in [0, 0.05) is 12.0 Å². The summed E-state index contributed by atoms with van der Waals surface area (Å²) in [5, 5.41) is 13.5. The van der Waals surface area contributed by atoms with Gasteiger partial charge in [-0.05, 0) is 71.9 Å². The molecule has 1 heterocycles. The number of primary amides is 1. The Morgan fingerprint density at radius 3 is 2.47 bits per heavy atom. The smallest absolute Gasteiger partial charge is 0.370 e. The van der Waals surface area contributed by atoms with Gasteiger partial charge in [0.25, 0.3) is 0 Å². The zero-order valence-corrected chi connectivity index (χ0v) is 15.8. The predicted octanol–water partition coefficient (Wildman–Crippen LogP) is 4.01. The second kappa shape index (κ2) is 9.02. The number of aromatic amines is 1. The van der Waals surface area contributed by atoms with E-state index in [1.165, 1.54) is 24.3 Å². The van der Waals surface area contributed by atoms with E-state index in [9.17, 15) is 22.4 Å². The molecule has 1 atom stereocenters. The van der Waals surface area contributed by atoms with Gasteiger partial charge in [0.2, 0.25) is 11.7 Å². The lowest BCUT2D eigenvalue weighted by atomic mass is 9.86. The van der Waals surface area contributed by atoms with E-state index in [4.69, 9.17) is 5.73 Å². The summed E-state index contributed by atoms with van der Waals surface area (Å²) in [6, 6.07) is 9.20. The van der Waals surface area contributed by atoms with Crippen LogP contribution in [0.3, 0.4) is 0 Å². The van der Waals surface area contributed by atoms with E-state index in [0.717, 1.165) is 12.1 Å². The van der Waals surface area contributed by atoms with Crippen molar-refractivity contribution in [2.75, 3.05) is 0 Å². The second-order valence-corrected chi connectivity index (χ2v) is 6.96. The van der Waals surface area contributed by atoms with Crippen LogP contribution in [0.1, 0.15) is 41.9 Å². The first kappa shape index (κ1) is 21.4. The Hall–Kier alpha value is -3.30. The summed E-state index contributed by atoms with van der Waals surface area (Å²) < 4.78 is 52.7. The number of rotatable bonds is 8. The number of alkyl halides is 3. The first-order valence-electron chi connectivity index (χ1n) is 9.21. The molecule has 3 aromatic rings. The van der Waals surface area contributed by atoms with Crippen LogP contribution in [0.2, 0.25) is 0 Å². The Labute approximate surface area is 169 Å². The molecule has 30 heavy (non-hydrogen) atoms. The summed E-state index contributed by atoms with van der Waals surface area (Å²) in [5.74, 6) is -0.974. The summed E-state index contributed by atoms with van der Waals surface area (Å²) in [5.41, 5.74) is 6.18. The number of aromatic nitrogens is 4. The van der Waals surface area contributed by atoms with E-state index < -0.39 is 23.5 Å². The van der Waals surface area contributed by atoms with Gasteiger partial charge in [-0.2, -0.15) is 18.4 Å². The highest BCUT2D eigenvalue weighted by Gasteiger charge is 2.30. The molecule has 0 spiro atoms. The number of nitrogens with one attached hydrogen (secondary N) is 1. The molecular formula is C20H19F4N5O. The molecular weight excluding hydrogens is 402 g/mol. The number of tetrazole rings is 1. The molecule has 0 aliphatic heterocycles. The van der Waals surface area contributed by atoms with Gasteiger partial charge in [0.1, 0.15) is 5.82 Å². The molecule has 0 saturated heterocycles. The highest BCUT2D eigenvalue weighted by Crippen LogP contribution is 2.32. The maximum absolute atomic E-state index is 14.3. The van der Waals surface area contributed by atoms with Gasteiger partial charge in [0.15, 0.2) is 0 Å². The number of carbonyl (C=O) groups excluding carboxylic acids is 1. The summed E-state index contributed by atoms with van der Waals surface area (Å²) in [6.45, 7) is 0. The van der Waals surface area contributed by atoms with Gasteiger partial charge >= 0.3 is 6.18 Å². The lowest BCUT2D eigenvalue weighted by Crippen LogP contribution is -2.11. The normalized spacial score (nSPS) is 12.7. The molecule has 0 fully saturated rings. The molecule has 6 nitrogen and oxygen atoms in total. The minimum atomic E-state index is -4.42. The van der Waals surface area contributed by atoms with Gasteiger partial charge in [-0.15, -0.1) is 10.2 Å². The van der Waals surface area contributed by atoms with E-state index in [-0.39, 0.29) is 18.2 Å². The van der Waals surface area contributed by atoms with E-state index in [2.05, 4.69) is 20.6 Å². The third-order valence-corrected chi connectivity index (χ3v) is 4.73. The zero-order valence-electron chi connectivity index (χ0n) is 15.8. The molecule has 1 amide bonds. The Morgan fingerprint density at radius 2 is 1.87 bits per heavy atom. The van der Waals surface area contributed by atoms with Gasteiger partial charge < -0.3 is 5.73 Å². The van der Waals surface area contributed by atoms with Crippen molar-refractivity contribution < 1.29 is 22.4 Å². The molecule has 158 valence electrons. The van der Waals surface area contributed by atoms with Gasteiger partial charge in [-0.1, -0.05) is 12.1 Å². The van der Waals surface area contributed by atoms with Crippen molar-refractivity contribution in [2.45, 2.75) is 37.8 Å². The third-order valence-electron chi connectivity index (χ3n) is 4.73. The van der Waals surface area contributed by atoms with Crippen LogP contribution in [0, 0.1) is 5.82 Å². The number of carbonyl (C=O) groups is 1. The molecule has 0 saturated carbocycles. The van der Waals surface area contributed by atoms with Crippen molar-refractivity contribution in [3.63, 3.8) is 0 Å². The molecule has 1 unspecified atom stereocenters. The zero-order chi connectivity index (χ0) is 21.7. The number of halogens is 4. The van der Waals surface area contributed by atoms with E-state index in [0.29, 0.717) is 36.0 Å². The van der Waals surface area contributed by atoms with Crippen LogP contribution in [0.25, 0.3) is 11.4 Å². The number of benzene rings is 2. The van der Waals surface area contributed by atoms with Crippen molar-refractivity contribution in [2.24, 2.45) is 5.73 Å². The molecule has 2 aromatic carbocycles. The highest BCUT2D eigenvalue weighted by molar-refractivity contribution is 5.73. The van der Waals surface area contributed by atoms with Crippen LogP contribution >= 0.6 is 0 Å². The van der Waals surface area contributed by atoms with Crippen LogP contribution in [0.5, 0.6) is 0 Å². The molecule has 1 aromatic heterocycles. The number of amides is 1. The molecule has 0 bridgehead atoms. The fourth-order valence-corrected chi connectivity index (χ4v) is 3.28. The predicted molar refractivity (Wildman–Crippen MR) is 101 cm³/mol. The average Bonchev–Trinajstić information content (AvgIpc) is 3.21. The summed E-state index contributed by atoms with van der Waals surface area (Å²) in [6.07, 6.45) is -2.92. The van der Waals surface area contributed by atoms with Crippen LogP contribution in [0.15, 0.2) is 42.5 Å². The Balaban J connectivity index is 1.88. The standard InChI is InChI=1S/C20H19F4N5O/c21-17-10-14(9-15(11-17)19-26-28-29-27-19)13(2-1-3-18(25)30)8-12-4-6-16(7-5-12)20(22,23)24/h4-7,9-11,13H,1-3,8H2,(H2,25,30)(H,26,27,28,29). The Bertz CT molecular complexity index is 987. The van der Waals surface area contributed by atoms with Crippen LogP contribution in [-0.2, 0) is 17.4 Å². The number of nitrogens with zero attached hydrogens (tertiary/aromatic N) is 3. The Morgan fingerprint density at radius 1 is 1.13 bits per heavy atom.